The van der Waals surface area contributed by atoms with Crippen LogP contribution in [0.3, 0.4) is 0 Å². The third kappa shape index (κ3) is 3.75. The summed E-state index contributed by atoms with van der Waals surface area (Å²) in [6.07, 6.45) is 6.23. The first-order chi connectivity index (χ1) is 14.7. The van der Waals surface area contributed by atoms with E-state index in [0.29, 0.717) is 13.2 Å². The molecule has 166 valence electrons. The summed E-state index contributed by atoms with van der Waals surface area (Å²) in [5.74, 6) is -0.101. The van der Waals surface area contributed by atoms with E-state index in [0.717, 1.165) is 41.8 Å². The van der Waals surface area contributed by atoms with Crippen LogP contribution in [-0.4, -0.2) is 48.7 Å². The molecule has 1 saturated heterocycles. The van der Waals surface area contributed by atoms with Crippen molar-refractivity contribution < 1.29 is 14.3 Å². The van der Waals surface area contributed by atoms with Crippen molar-refractivity contribution in [2.24, 2.45) is 11.3 Å². The van der Waals surface area contributed by atoms with Crippen LogP contribution in [0.15, 0.2) is 37.0 Å². The smallest absolute Gasteiger partial charge is 0.410 e. The van der Waals surface area contributed by atoms with Crippen molar-refractivity contribution in [2.45, 2.75) is 57.9 Å². The Morgan fingerprint density at radius 1 is 1.29 bits per heavy atom. The molecule has 2 heterocycles. The van der Waals surface area contributed by atoms with E-state index in [1.54, 1.807) is 10.6 Å². The zero-order valence-corrected chi connectivity index (χ0v) is 20.2. The summed E-state index contributed by atoms with van der Waals surface area (Å²) < 4.78 is 7.44. The molecule has 1 amide bonds. The number of piperidine rings is 1. The van der Waals surface area contributed by atoms with Crippen molar-refractivity contribution in [1.29, 1.82) is 0 Å². The Morgan fingerprint density at radius 2 is 2.03 bits per heavy atom. The summed E-state index contributed by atoms with van der Waals surface area (Å²) in [5, 5.41) is 1.03. The van der Waals surface area contributed by atoms with Gasteiger partial charge in [-0.1, -0.05) is 57.4 Å². The molecule has 5 nitrogen and oxygen atoms in total. The fourth-order valence-electron chi connectivity index (χ4n) is 5.40. The number of likely N-dealkylation sites (tertiary alicyclic amines) is 1. The molecule has 1 aromatic heterocycles. The lowest BCUT2D eigenvalue weighted by molar-refractivity contribution is 0.0840. The van der Waals surface area contributed by atoms with Crippen LogP contribution in [0.2, 0.25) is 25.7 Å². The first-order valence-electron chi connectivity index (χ1n) is 11.4. The predicted octanol–water partition coefficient (Wildman–Crippen LogP) is 5.89. The van der Waals surface area contributed by atoms with Gasteiger partial charge in [0, 0.05) is 31.6 Å². The van der Waals surface area contributed by atoms with Crippen LogP contribution in [0.4, 0.5) is 4.79 Å². The molecule has 6 heteroatoms. The van der Waals surface area contributed by atoms with Crippen LogP contribution in [0, 0.1) is 11.3 Å². The maximum atomic E-state index is 13.7. The lowest BCUT2D eigenvalue weighted by atomic mass is 9.91. The summed E-state index contributed by atoms with van der Waals surface area (Å²) >= 11 is 0. The van der Waals surface area contributed by atoms with Crippen molar-refractivity contribution in [2.75, 3.05) is 13.2 Å². The van der Waals surface area contributed by atoms with E-state index < -0.39 is 8.07 Å². The largest absolute Gasteiger partial charge is 0.450 e. The van der Waals surface area contributed by atoms with Crippen LogP contribution in [0.25, 0.3) is 17.0 Å². The molecule has 3 atom stereocenters. The summed E-state index contributed by atoms with van der Waals surface area (Å²) in [5.41, 5.74) is 1.73. The van der Waals surface area contributed by atoms with Gasteiger partial charge in [0.25, 0.3) is 0 Å². The minimum Gasteiger partial charge on any atom is -0.450 e. The highest BCUT2D eigenvalue weighted by Crippen LogP contribution is 2.64. The van der Waals surface area contributed by atoms with Gasteiger partial charge in [0.15, 0.2) is 0 Å². The fraction of sp³-hybridized carbons (Fsp3) is 0.520. The van der Waals surface area contributed by atoms with Crippen molar-refractivity contribution in [3.8, 4) is 0 Å². The SMILES string of the molecule is C=Cc1cn(C(=O)[C@H]2[C@@H]3N(C(=O)OCC[Si](C)(C)C)CCC[C@@]32CC)c2ccccc12. The van der Waals surface area contributed by atoms with Crippen LogP contribution in [0.5, 0.6) is 0 Å². The normalized spacial score (nSPS) is 25.2. The number of amides is 1. The number of ether oxygens (including phenoxy) is 1. The maximum Gasteiger partial charge on any atom is 0.410 e. The van der Waals surface area contributed by atoms with Crippen molar-refractivity contribution in [3.05, 3.63) is 42.6 Å². The first-order valence-corrected chi connectivity index (χ1v) is 15.1. The third-order valence-corrected chi connectivity index (χ3v) is 8.93. The molecule has 2 aliphatic rings. The second-order valence-corrected chi connectivity index (χ2v) is 15.9. The van der Waals surface area contributed by atoms with Gasteiger partial charge in [0.1, 0.15) is 0 Å². The molecule has 31 heavy (non-hydrogen) atoms. The van der Waals surface area contributed by atoms with Gasteiger partial charge in [-0.25, -0.2) is 4.79 Å². The second-order valence-electron chi connectivity index (χ2n) is 10.2. The zero-order chi connectivity index (χ0) is 22.4. The average molecular weight is 439 g/mol. The second kappa shape index (κ2) is 7.97. The number of para-hydroxylation sites is 1. The summed E-state index contributed by atoms with van der Waals surface area (Å²) in [7, 11) is -1.27. The number of nitrogens with zero attached hydrogens (tertiary/aromatic N) is 2. The lowest BCUT2D eigenvalue weighted by Gasteiger charge is -2.30. The molecule has 1 aromatic carbocycles. The lowest BCUT2D eigenvalue weighted by Crippen LogP contribution is -2.41. The molecule has 1 saturated carbocycles. The minimum atomic E-state index is -1.27. The molecule has 4 rings (SSSR count). The Balaban J connectivity index is 1.59. The quantitative estimate of drug-likeness (QED) is 0.528. The molecule has 0 unspecified atom stereocenters. The Kier molecular flexibility index (Phi) is 5.62. The molecule has 0 spiro atoms. The number of hydrogen-bond donors (Lipinski definition) is 0. The van der Waals surface area contributed by atoms with Gasteiger partial charge < -0.3 is 9.64 Å². The van der Waals surface area contributed by atoms with E-state index in [-0.39, 0.29) is 29.4 Å². The van der Waals surface area contributed by atoms with E-state index in [9.17, 15) is 9.59 Å². The zero-order valence-electron chi connectivity index (χ0n) is 19.2. The standard InChI is InChI=1S/C25H34N2O3Si/c1-6-18-17-27(20-12-9-8-11-19(18)20)23(28)21-22-25(21,7-2)13-10-14-26(22)24(29)30-15-16-31(3,4)5/h6,8-9,11-12,17,21-22H,1,7,10,13-16H2,2-5H3/t21-,22+,25-/m1/s1. The average Bonchev–Trinajstić information content (AvgIpc) is 3.29. The van der Waals surface area contributed by atoms with E-state index in [2.05, 4.69) is 33.1 Å². The van der Waals surface area contributed by atoms with Crippen molar-refractivity contribution in [3.63, 3.8) is 0 Å². The van der Waals surface area contributed by atoms with E-state index in [1.807, 2.05) is 35.4 Å². The molecule has 0 N–H and O–H groups in total. The number of rotatable bonds is 6. The molecule has 0 bridgehead atoms. The van der Waals surface area contributed by atoms with Gasteiger partial charge in [0.05, 0.1) is 24.1 Å². The highest BCUT2D eigenvalue weighted by Gasteiger charge is 2.71. The number of carbonyl (C=O) groups is 2. The Hall–Kier alpha value is -2.34. The van der Waals surface area contributed by atoms with Gasteiger partial charge in [-0.15, -0.1) is 0 Å². The van der Waals surface area contributed by atoms with Crippen molar-refractivity contribution in [1.82, 2.24) is 9.47 Å². The van der Waals surface area contributed by atoms with E-state index in [1.165, 1.54) is 0 Å². The van der Waals surface area contributed by atoms with Crippen LogP contribution >= 0.6 is 0 Å². The Labute approximate surface area is 186 Å². The van der Waals surface area contributed by atoms with Crippen LogP contribution in [-0.2, 0) is 4.74 Å². The number of carbonyl (C=O) groups excluding carboxylic acids is 2. The number of hydrogen-bond acceptors (Lipinski definition) is 3. The van der Waals surface area contributed by atoms with Gasteiger partial charge >= 0.3 is 6.09 Å². The number of benzene rings is 1. The van der Waals surface area contributed by atoms with Crippen LogP contribution in [0.1, 0.15) is 36.5 Å². The number of aromatic nitrogens is 1. The summed E-state index contributed by atoms with van der Waals surface area (Å²) in [4.78, 5) is 28.5. The van der Waals surface area contributed by atoms with Gasteiger partial charge in [-0.05, 0) is 36.9 Å². The highest BCUT2D eigenvalue weighted by molar-refractivity contribution is 6.76. The minimum absolute atomic E-state index is 0.0634. The molecular formula is C25H34N2O3Si. The van der Waals surface area contributed by atoms with Gasteiger partial charge in [0.2, 0.25) is 5.91 Å². The highest BCUT2D eigenvalue weighted by atomic mass is 28.3. The summed E-state index contributed by atoms with van der Waals surface area (Å²) in [6, 6.07) is 8.83. The fourth-order valence-corrected chi connectivity index (χ4v) is 6.12. The van der Waals surface area contributed by atoms with Gasteiger partial charge in [-0.3, -0.25) is 9.36 Å². The van der Waals surface area contributed by atoms with Crippen molar-refractivity contribution >= 4 is 37.1 Å². The topological polar surface area (TPSA) is 51.5 Å². The monoisotopic (exact) mass is 438 g/mol. The van der Waals surface area contributed by atoms with Gasteiger partial charge in [-0.2, -0.15) is 0 Å². The molecule has 1 aliphatic carbocycles. The van der Waals surface area contributed by atoms with E-state index >= 15 is 0 Å². The third-order valence-electron chi connectivity index (χ3n) is 7.23. The van der Waals surface area contributed by atoms with Crippen LogP contribution < -0.4 is 0 Å². The molecule has 2 aromatic rings. The summed E-state index contributed by atoms with van der Waals surface area (Å²) in [6.45, 7) is 14.0. The molecule has 1 aliphatic heterocycles. The van der Waals surface area contributed by atoms with E-state index in [4.69, 9.17) is 4.74 Å². The number of fused-ring (bicyclic) bond motifs is 2. The molecular weight excluding hydrogens is 404 g/mol. The molecule has 2 fully saturated rings. The predicted molar refractivity (Wildman–Crippen MR) is 128 cm³/mol. The first kappa shape index (κ1) is 21.9. The maximum absolute atomic E-state index is 13.7. The Morgan fingerprint density at radius 3 is 2.71 bits per heavy atom. The Bertz CT molecular complexity index is 1020. The molecule has 0 radical (unpaired) electrons.